The van der Waals surface area contributed by atoms with Crippen LogP contribution in [-0.4, -0.2) is 51.7 Å². The molecular weight excluding hydrogens is 407 g/mol. The average molecular weight is 440 g/mol. The van der Waals surface area contributed by atoms with Crippen LogP contribution < -0.4 is 11.2 Å². The molecule has 0 bridgehead atoms. The van der Waals surface area contributed by atoms with Crippen molar-refractivity contribution in [2.45, 2.75) is 84.9 Å². The molecule has 0 amide bonds. The third-order valence-corrected chi connectivity index (χ3v) is 7.07. The Morgan fingerprint density at radius 2 is 2.03 bits per heavy atom. The Labute approximate surface area is 179 Å². The Kier molecular flexibility index (Phi) is 9.20. The van der Waals surface area contributed by atoms with Gasteiger partial charge in [-0.3, -0.25) is 14.3 Å². The number of aromatic nitrogens is 2. The zero-order chi connectivity index (χ0) is 22.4. The van der Waals surface area contributed by atoms with E-state index in [-0.39, 0.29) is 30.8 Å². The van der Waals surface area contributed by atoms with Gasteiger partial charge in [-0.05, 0) is 41.0 Å². The summed E-state index contributed by atoms with van der Waals surface area (Å²) in [6.07, 6.45) is 1.73. The third kappa shape index (κ3) is 5.99. The van der Waals surface area contributed by atoms with Crippen LogP contribution in [0.25, 0.3) is 4.85 Å². The van der Waals surface area contributed by atoms with Crippen molar-refractivity contribution in [3.63, 3.8) is 0 Å². The minimum Gasteiger partial charge on any atom is -0.352 e. The van der Waals surface area contributed by atoms with Crippen molar-refractivity contribution in [3.8, 4) is 0 Å². The van der Waals surface area contributed by atoms with Crippen molar-refractivity contribution in [1.29, 1.82) is 0 Å². The summed E-state index contributed by atoms with van der Waals surface area (Å²) in [7, 11) is -1.40. The van der Waals surface area contributed by atoms with Crippen LogP contribution in [0.1, 0.15) is 59.3 Å². The van der Waals surface area contributed by atoms with Crippen molar-refractivity contribution in [1.82, 2.24) is 14.2 Å². The molecule has 1 aliphatic rings. The number of rotatable bonds is 10. The standard InChI is InChI=1S/C20H33N4O5P/c1-8-16-17(11-18(28-16)23-12-15(6)19(25)22-20(23)26)29-30(27-10-9-21-7)24(13(2)3)14(4)5/h12-14,16-18H,8-11H2,1-6H3,(H,22,25,26). The number of nitrogens with zero attached hydrogens (tertiary/aromatic N) is 3. The predicted molar refractivity (Wildman–Crippen MR) is 116 cm³/mol. The first-order chi connectivity index (χ1) is 14.2. The first-order valence-electron chi connectivity index (χ1n) is 10.4. The number of aromatic amines is 1. The van der Waals surface area contributed by atoms with E-state index in [0.29, 0.717) is 25.0 Å². The molecule has 0 radical (unpaired) electrons. The van der Waals surface area contributed by atoms with Crippen LogP contribution in [0.3, 0.4) is 0 Å². The topological polar surface area (TPSA) is 90.2 Å². The van der Waals surface area contributed by atoms with Gasteiger partial charge >= 0.3 is 5.69 Å². The Morgan fingerprint density at radius 1 is 1.37 bits per heavy atom. The van der Waals surface area contributed by atoms with E-state index in [9.17, 15) is 9.59 Å². The highest BCUT2D eigenvalue weighted by molar-refractivity contribution is 7.44. The second-order valence-corrected chi connectivity index (χ2v) is 9.32. The first-order valence-corrected chi connectivity index (χ1v) is 11.5. The largest absolute Gasteiger partial charge is 0.352 e. The van der Waals surface area contributed by atoms with Crippen LogP contribution >= 0.6 is 8.53 Å². The number of ether oxygens (including phenoxy) is 1. The zero-order valence-electron chi connectivity index (χ0n) is 18.6. The summed E-state index contributed by atoms with van der Waals surface area (Å²) < 4.78 is 22.2. The van der Waals surface area contributed by atoms with E-state index in [4.69, 9.17) is 20.4 Å². The van der Waals surface area contributed by atoms with E-state index in [1.165, 1.54) is 10.8 Å². The molecule has 0 saturated carbocycles. The number of hydrogen-bond donors (Lipinski definition) is 1. The van der Waals surface area contributed by atoms with Crippen LogP contribution in [0.4, 0.5) is 0 Å². The fourth-order valence-corrected chi connectivity index (χ4v) is 5.30. The lowest BCUT2D eigenvalue weighted by Crippen LogP contribution is -2.36. The van der Waals surface area contributed by atoms with Crippen molar-refractivity contribution in [2.75, 3.05) is 13.2 Å². The highest BCUT2D eigenvalue weighted by atomic mass is 31.2. The zero-order valence-corrected chi connectivity index (χ0v) is 19.5. The second kappa shape index (κ2) is 11.2. The molecule has 1 N–H and O–H groups in total. The predicted octanol–water partition coefficient (Wildman–Crippen LogP) is 3.21. The van der Waals surface area contributed by atoms with Gasteiger partial charge in [0.1, 0.15) is 12.8 Å². The Hall–Kier alpha value is -1.56. The SMILES string of the molecule is [C-]#[N+]CCOP(OC1CC(n2cc(C)c(=O)[nH]c2=O)OC1CC)N(C(C)C)C(C)C. The fourth-order valence-electron chi connectivity index (χ4n) is 3.55. The lowest BCUT2D eigenvalue weighted by molar-refractivity contribution is -0.0201. The van der Waals surface area contributed by atoms with Crippen LogP contribution in [0.2, 0.25) is 0 Å². The maximum absolute atomic E-state index is 12.3. The van der Waals surface area contributed by atoms with E-state index < -0.39 is 26.0 Å². The minimum atomic E-state index is -1.40. The summed E-state index contributed by atoms with van der Waals surface area (Å²) >= 11 is 0. The maximum Gasteiger partial charge on any atom is 0.330 e. The van der Waals surface area contributed by atoms with Gasteiger partial charge in [0.05, 0.1) is 12.2 Å². The van der Waals surface area contributed by atoms with Crippen LogP contribution in [-0.2, 0) is 13.8 Å². The number of aryl methyl sites for hydroxylation is 1. The van der Waals surface area contributed by atoms with E-state index in [1.54, 1.807) is 6.92 Å². The van der Waals surface area contributed by atoms with Gasteiger partial charge in [0.25, 0.3) is 14.1 Å². The second-order valence-electron chi connectivity index (χ2n) is 7.92. The Balaban J connectivity index is 2.24. The summed E-state index contributed by atoms with van der Waals surface area (Å²) in [6.45, 7) is 19.6. The van der Waals surface area contributed by atoms with Gasteiger partial charge in [-0.2, -0.15) is 0 Å². The van der Waals surface area contributed by atoms with Crippen molar-refractivity contribution in [2.24, 2.45) is 0 Å². The van der Waals surface area contributed by atoms with Crippen LogP contribution in [0, 0.1) is 13.5 Å². The summed E-state index contributed by atoms with van der Waals surface area (Å²) in [4.78, 5) is 29.7. The van der Waals surface area contributed by atoms with Crippen molar-refractivity contribution in [3.05, 3.63) is 44.0 Å². The Bertz CT molecular complexity index is 839. The van der Waals surface area contributed by atoms with Gasteiger partial charge in [0, 0.05) is 30.3 Å². The summed E-state index contributed by atoms with van der Waals surface area (Å²) in [5.41, 5.74) is -0.436. The summed E-state index contributed by atoms with van der Waals surface area (Å²) in [5.74, 6) is 0. The minimum absolute atomic E-state index is 0.201. The molecule has 1 fully saturated rings. The van der Waals surface area contributed by atoms with Crippen molar-refractivity contribution < 1.29 is 13.8 Å². The number of H-pyrrole nitrogens is 1. The normalized spacial score (nSPS) is 22.7. The molecular formula is C20H33N4O5P. The monoisotopic (exact) mass is 440 g/mol. The summed E-state index contributed by atoms with van der Waals surface area (Å²) in [6, 6.07) is 0.401. The van der Waals surface area contributed by atoms with Gasteiger partial charge in [-0.15, -0.1) is 0 Å². The van der Waals surface area contributed by atoms with E-state index in [0.717, 1.165) is 0 Å². The van der Waals surface area contributed by atoms with Gasteiger partial charge < -0.3 is 18.6 Å². The third-order valence-electron chi connectivity index (χ3n) is 4.92. The molecule has 1 aromatic heterocycles. The molecule has 1 aliphatic heterocycles. The molecule has 0 aliphatic carbocycles. The highest BCUT2D eigenvalue weighted by Gasteiger charge is 2.40. The van der Waals surface area contributed by atoms with Gasteiger partial charge in [0.2, 0.25) is 6.54 Å². The molecule has 2 heterocycles. The molecule has 4 unspecified atom stereocenters. The first kappa shape index (κ1) is 24.7. The van der Waals surface area contributed by atoms with Crippen LogP contribution in [0.15, 0.2) is 15.8 Å². The molecule has 0 spiro atoms. The maximum atomic E-state index is 12.3. The van der Waals surface area contributed by atoms with Crippen molar-refractivity contribution >= 4 is 8.53 Å². The molecule has 4 atom stereocenters. The molecule has 10 heteroatoms. The highest BCUT2D eigenvalue weighted by Crippen LogP contribution is 2.50. The fraction of sp³-hybridized carbons (Fsp3) is 0.750. The van der Waals surface area contributed by atoms with Gasteiger partial charge in [-0.25, -0.2) is 16.0 Å². The number of hydrogen-bond acceptors (Lipinski definition) is 6. The van der Waals surface area contributed by atoms with E-state index >= 15 is 0 Å². The smallest absolute Gasteiger partial charge is 0.330 e. The Morgan fingerprint density at radius 3 is 2.60 bits per heavy atom. The van der Waals surface area contributed by atoms with E-state index in [2.05, 4.69) is 42.2 Å². The number of nitrogens with one attached hydrogen (secondary N) is 1. The molecule has 2 rings (SSSR count). The molecule has 1 aromatic rings. The van der Waals surface area contributed by atoms with Crippen LogP contribution in [0.5, 0.6) is 0 Å². The molecule has 0 aromatic carbocycles. The quantitative estimate of drug-likeness (QED) is 0.341. The van der Waals surface area contributed by atoms with Gasteiger partial charge in [0.15, 0.2) is 0 Å². The molecule has 30 heavy (non-hydrogen) atoms. The molecule has 168 valence electrons. The summed E-state index contributed by atoms with van der Waals surface area (Å²) in [5, 5.41) is 0. The average Bonchev–Trinajstić information content (AvgIpc) is 3.06. The lowest BCUT2D eigenvalue weighted by Gasteiger charge is -2.37. The lowest BCUT2D eigenvalue weighted by atomic mass is 10.1. The van der Waals surface area contributed by atoms with E-state index in [1.807, 2.05) is 6.92 Å². The molecule has 9 nitrogen and oxygen atoms in total. The van der Waals surface area contributed by atoms with Gasteiger partial charge in [-0.1, -0.05) is 6.92 Å². The molecule has 1 saturated heterocycles.